The number of phenolic OH excluding ortho intramolecular Hbond substituents is 3. The molecule has 110 valence electrons. The predicted octanol–water partition coefficient (Wildman–Crippen LogP) is 2.56. The number of benzene rings is 3. The van der Waals surface area contributed by atoms with Crippen molar-refractivity contribution in [1.82, 2.24) is 0 Å². The maximum absolute atomic E-state index is 10.2. The van der Waals surface area contributed by atoms with Crippen molar-refractivity contribution < 1.29 is 15.3 Å². The van der Waals surface area contributed by atoms with Crippen molar-refractivity contribution in [3.8, 4) is 17.2 Å². The highest BCUT2D eigenvalue weighted by atomic mass is 31.1. The zero-order valence-electron chi connectivity index (χ0n) is 11.7. The van der Waals surface area contributed by atoms with Gasteiger partial charge in [-0.15, -0.1) is 0 Å². The molecule has 3 N–H and O–H groups in total. The molecule has 0 unspecified atom stereocenters. The molecule has 0 radical (unpaired) electrons. The van der Waals surface area contributed by atoms with Gasteiger partial charge in [-0.1, -0.05) is 54.6 Å². The van der Waals surface area contributed by atoms with Crippen LogP contribution in [0.25, 0.3) is 0 Å². The normalized spacial score (nSPS) is 10.8. The molecule has 22 heavy (non-hydrogen) atoms. The zero-order chi connectivity index (χ0) is 15.5. The van der Waals surface area contributed by atoms with Gasteiger partial charge in [0.15, 0.2) is 0 Å². The second-order valence-electron chi connectivity index (χ2n) is 4.80. The fraction of sp³-hybridized carbons (Fsp3) is 0. The summed E-state index contributed by atoms with van der Waals surface area (Å²) in [5.74, 6) is 0.459. The van der Waals surface area contributed by atoms with Crippen LogP contribution < -0.4 is 15.9 Å². The van der Waals surface area contributed by atoms with Gasteiger partial charge in [0.05, 0.1) is 0 Å². The lowest BCUT2D eigenvalue weighted by atomic mass is 10.3. The average molecular weight is 310 g/mol. The average Bonchev–Trinajstić information content (AvgIpc) is 2.53. The van der Waals surface area contributed by atoms with Crippen molar-refractivity contribution in [3.05, 3.63) is 72.8 Å². The molecule has 0 saturated heterocycles. The third-order valence-corrected chi connectivity index (χ3v) is 5.95. The molecule has 0 aliphatic rings. The summed E-state index contributed by atoms with van der Waals surface area (Å²) in [5, 5.41) is 32.8. The van der Waals surface area contributed by atoms with Gasteiger partial charge in [-0.05, 0) is 26.1 Å². The predicted molar refractivity (Wildman–Crippen MR) is 90.1 cm³/mol. The SMILES string of the molecule is Oc1ccccc1P(c1ccccc1O)c1ccccc1O. The Bertz CT molecular complexity index is 693. The molecule has 0 aromatic heterocycles. The minimum atomic E-state index is -1.26. The maximum Gasteiger partial charge on any atom is 0.123 e. The fourth-order valence-corrected chi connectivity index (χ4v) is 4.74. The first-order valence-electron chi connectivity index (χ1n) is 6.82. The van der Waals surface area contributed by atoms with Crippen molar-refractivity contribution in [2.75, 3.05) is 0 Å². The summed E-state index contributed by atoms with van der Waals surface area (Å²) in [6.07, 6.45) is 0. The van der Waals surface area contributed by atoms with Crippen LogP contribution in [0.4, 0.5) is 0 Å². The molecule has 0 aliphatic heterocycles. The van der Waals surface area contributed by atoms with Gasteiger partial charge in [-0.3, -0.25) is 0 Å². The molecule has 0 atom stereocenters. The highest BCUT2D eigenvalue weighted by Crippen LogP contribution is 2.41. The van der Waals surface area contributed by atoms with Crippen LogP contribution in [0.5, 0.6) is 17.2 Å². The maximum atomic E-state index is 10.2. The number of hydrogen-bond acceptors (Lipinski definition) is 3. The Morgan fingerprint density at radius 2 is 0.727 bits per heavy atom. The molecule has 3 aromatic carbocycles. The van der Waals surface area contributed by atoms with Crippen LogP contribution >= 0.6 is 7.92 Å². The summed E-state index contributed by atoms with van der Waals surface area (Å²) in [4.78, 5) is 0. The van der Waals surface area contributed by atoms with Gasteiger partial charge in [0.25, 0.3) is 0 Å². The second-order valence-corrected chi connectivity index (χ2v) is 6.92. The lowest BCUT2D eigenvalue weighted by Gasteiger charge is -2.21. The van der Waals surface area contributed by atoms with Crippen LogP contribution in [-0.2, 0) is 0 Å². The quantitative estimate of drug-likeness (QED) is 0.652. The van der Waals surface area contributed by atoms with Gasteiger partial charge in [0, 0.05) is 15.9 Å². The Morgan fingerprint density at radius 3 is 1.00 bits per heavy atom. The molecule has 3 rings (SSSR count). The van der Waals surface area contributed by atoms with Crippen LogP contribution in [0.2, 0.25) is 0 Å². The van der Waals surface area contributed by atoms with Crippen molar-refractivity contribution >= 4 is 23.8 Å². The van der Waals surface area contributed by atoms with Crippen LogP contribution in [0.15, 0.2) is 72.8 Å². The molecule has 3 aromatic rings. The van der Waals surface area contributed by atoms with Gasteiger partial charge in [-0.2, -0.15) is 0 Å². The Labute approximate surface area is 129 Å². The number of para-hydroxylation sites is 3. The smallest absolute Gasteiger partial charge is 0.123 e. The Balaban J connectivity index is 2.27. The molecule has 0 bridgehead atoms. The van der Waals surface area contributed by atoms with Crippen molar-refractivity contribution in [1.29, 1.82) is 0 Å². The molecule has 3 nitrogen and oxygen atoms in total. The summed E-state index contributed by atoms with van der Waals surface area (Å²) in [7, 11) is -1.26. The number of hydrogen-bond donors (Lipinski definition) is 3. The molecule has 0 aliphatic carbocycles. The van der Waals surface area contributed by atoms with Crippen molar-refractivity contribution in [3.63, 3.8) is 0 Å². The second kappa shape index (κ2) is 6.08. The van der Waals surface area contributed by atoms with E-state index >= 15 is 0 Å². The van der Waals surface area contributed by atoms with E-state index in [1.165, 1.54) is 0 Å². The van der Waals surface area contributed by atoms with E-state index in [9.17, 15) is 15.3 Å². The van der Waals surface area contributed by atoms with E-state index in [4.69, 9.17) is 0 Å². The van der Waals surface area contributed by atoms with Crippen molar-refractivity contribution in [2.24, 2.45) is 0 Å². The number of phenols is 3. The fourth-order valence-electron chi connectivity index (χ4n) is 2.35. The van der Waals surface area contributed by atoms with Crippen LogP contribution in [0.3, 0.4) is 0 Å². The third-order valence-electron chi connectivity index (χ3n) is 3.37. The van der Waals surface area contributed by atoms with E-state index in [0.29, 0.717) is 15.9 Å². The molecular weight excluding hydrogens is 295 g/mol. The van der Waals surface area contributed by atoms with Gasteiger partial charge in [0.2, 0.25) is 0 Å². The Morgan fingerprint density at radius 1 is 0.455 bits per heavy atom. The largest absolute Gasteiger partial charge is 0.507 e. The van der Waals surface area contributed by atoms with Crippen LogP contribution in [0.1, 0.15) is 0 Å². The molecular formula is C18H15O3P. The number of rotatable bonds is 3. The Hall–Kier alpha value is -2.51. The molecule has 0 heterocycles. The number of aromatic hydroxyl groups is 3. The summed E-state index contributed by atoms with van der Waals surface area (Å²) in [6, 6.07) is 21.1. The molecule has 0 saturated carbocycles. The van der Waals surface area contributed by atoms with Gasteiger partial charge < -0.3 is 15.3 Å². The van der Waals surface area contributed by atoms with Crippen LogP contribution in [-0.4, -0.2) is 15.3 Å². The van der Waals surface area contributed by atoms with Crippen LogP contribution in [0, 0.1) is 0 Å². The summed E-state index contributed by atoms with van der Waals surface area (Å²) >= 11 is 0. The molecule has 0 amide bonds. The summed E-state index contributed by atoms with van der Waals surface area (Å²) in [5.41, 5.74) is 0. The Kier molecular flexibility index (Phi) is 3.99. The van der Waals surface area contributed by atoms with E-state index in [1.807, 2.05) is 36.4 Å². The third kappa shape index (κ3) is 2.63. The van der Waals surface area contributed by atoms with Gasteiger partial charge in [0.1, 0.15) is 17.2 Å². The first-order chi connectivity index (χ1) is 10.7. The zero-order valence-corrected chi connectivity index (χ0v) is 12.6. The molecule has 0 spiro atoms. The first-order valence-corrected chi connectivity index (χ1v) is 8.17. The van der Waals surface area contributed by atoms with Gasteiger partial charge in [-0.25, -0.2) is 0 Å². The monoisotopic (exact) mass is 310 g/mol. The minimum absolute atomic E-state index is 0.153. The minimum Gasteiger partial charge on any atom is -0.507 e. The lowest BCUT2D eigenvalue weighted by molar-refractivity contribution is 0.478. The summed E-state index contributed by atoms with van der Waals surface area (Å²) in [6.45, 7) is 0. The first kappa shape index (κ1) is 14.4. The highest BCUT2D eigenvalue weighted by Gasteiger charge is 2.24. The molecule has 4 heteroatoms. The topological polar surface area (TPSA) is 60.7 Å². The van der Waals surface area contributed by atoms with Gasteiger partial charge >= 0.3 is 0 Å². The standard InChI is InChI=1S/C18H15O3P/c19-13-7-1-4-10-16(13)22(17-11-5-2-8-14(17)20)18-12-6-3-9-15(18)21/h1-12,19-21H. The van der Waals surface area contributed by atoms with E-state index < -0.39 is 7.92 Å². The molecule has 0 fully saturated rings. The summed E-state index contributed by atoms with van der Waals surface area (Å²) < 4.78 is 0. The highest BCUT2D eigenvalue weighted by molar-refractivity contribution is 7.80. The van der Waals surface area contributed by atoms with E-state index in [2.05, 4.69) is 0 Å². The van der Waals surface area contributed by atoms with E-state index in [-0.39, 0.29) is 17.2 Å². The lowest BCUT2D eigenvalue weighted by Crippen LogP contribution is -2.21. The van der Waals surface area contributed by atoms with Crippen molar-refractivity contribution in [2.45, 2.75) is 0 Å². The van der Waals surface area contributed by atoms with E-state index in [1.54, 1.807) is 36.4 Å². The van der Waals surface area contributed by atoms with E-state index in [0.717, 1.165) is 0 Å².